The van der Waals surface area contributed by atoms with Gasteiger partial charge in [0.15, 0.2) is 0 Å². The highest BCUT2D eigenvalue weighted by Crippen LogP contribution is 2.70. The zero-order valence-corrected chi connectivity index (χ0v) is 78.5. The van der Waals surface area contributed by atoms with Crippen molar-refractivity contribution in [3.05, 3.63) is 310 Å². The van der Waals surface area contributed by atoms with Gasteiger partial charge in [0.2, 0.25) is 0 Å². The Morgan fingerprint density at radius 2 is 0.700 bits per heavy atom. The van der Waals surface area contributed by atoms with Gasteiger partial charge >= 0.3 is 0 Å². The Labute approximate surface area is 763 Å². The molecule has 656 valence electrons. The highest BCUT2D eigenvalue weighted by Gasteiger charge is 2.70. The van der Waals surface area contributed by atoms with Gasteiger partial charge in [-0.25, -0.2) is 0 Å². The molecule has 0 N–H and O–H groups in total. The molecule has 2 saturated carbocycles. The Balaban J connectivity index is 0.0000000902. The first kappa shape index (κ1) is 80.9. The molecule has 6 saturated heterocycles. The zero-order chi connectivity index (χ0) is 89.0. The summed E-state index contributed by atoms with van der Waals surface area (Å²) < 4.78 is 30.4. The van der Waals surface area contributed by atoms with E-state index < -0.39 is 0 Å². The van der Waals surface area contributed by atoms with Crippen LogP contribution in [0.4, 0.5) is 34.1 Å². The highest BCUT2D eigenvalue weighted by molar-refractivity contribution is 6.11. The normalized spacial score (nSPS) is 27.2. The summed E-state index contributed by atoms with van der Waals surface area (Å²) in [7, 11) is 0. The maximum Gasteiger partial charge on any atom is 0.135 e. The summed E-state index contributed by atoms with van der Waals surface area (Å²) in [5, 5.41) is 12.2. The van der Waals surface area contributed by atoms with Crippen LogP contribution in [0.2, 0.25) is 0 Å². The van der Waals surface area contributed by atoms with Crippen molar-refractivity contribution in [2.45, 2.75) is 239 Å². The lowest BCUT2D eigenvalue weighted by Crippen LogP contribution is -2.54. The molecule has 12 heterocycles. The summed E-state index contributed by atoms with van der Waals surface area (Å²) in [6, 6.07) is 95.1. The lowest BCUT2D eigenvalue weighted by molar-refractivity contribution is 0.132. The van der Waals surface area contributed by atoms with Crippen LogP contribution < -0.4 is 29.4 Å². The van der Waals surface area contributed by atoms with Gasteiger partial charge < -0.3 is 51.5 Å². The number of anilines is 6. The van der Waals surface area contributed by atoms with Crippen LogP contribution in [0.15, 0.2) is 277 Å². The van der Waals surface area contributed by atoms with Crippen LogP contribution in [-0.4, -0.2) is 48.5 Å². The lowest BCUT2D eigenvalue weighted by Gasteiger charge is -2.52. The van der Waals surface area contributed by atoms with E-state index in [0.29, 0.717) is 53.1 Å². The molecule has 11 nitrogen and oxygen atoms in total. The van der Waals surface area contributed by atoms with Gasteiger partial charge in [0.1, 0.15) is 55.8 Å². The first-order valence-corrected chi connectivity index (χ1v) is 48.3. The minimum Gasteiger partial charge on any atom is -0.456 e. The third kappa shape index (κ3) is 11.4. The Kier molecular flexibility index (Phi) is 17.9. The Morgan fingerprint density at radius 3 is 1.15 bits per heavy atom. The van der Waals surface area contributed by atoms with Crippen LogP contribution in [0.5, 0.6) is 0 Å². The SMILES string of the molecule is Cc1cc2oc3ccccc3c2cc1N1C(C)C2(C)CC1(C)c1ccccc12.Cc1cc2oc3ccccc3c2cc1N1C(C)C2(C)CCC1(C)C2(C)C.Cc1cc2oc3ccccc3c2cc1N1C(C)N2CC1(C)c1ccccc12.Cc1cc2oc3ccccc3c2cc1N1C2CC(c3ccccc32)C1C.Cc1cc2oc3ccccc3c2cc1N1C2CCC(CC2)C1C. The molecule has 0 radical (unpaired) electrons. The van der Waals surface area contributed by atoms with Gasteiger partial charge in [0.05, 0.1) is 23.3 Å². The standard InChI is InChI=1S/C26H25NO.C24H22N2O.C24H21NO.C24H29NO.C21H23NO/c1-16-13-24-19(18-9-5-8-12-23(18)28-24)14-22(16)27-17(2)25(3)15-26(27,4)21-11-7-6-10-20(21)25;1-15-12-23-18(17-8-4-7-11-22(17)27-23)13-21(15)26-16(2)25-14-24(26,3)19-9-5-6-10-20(19)25;1-14-11-24-20(18-9-5-6-10-23(18)26-24)13-21(14)25-15(2)19-12-22(25)17-8-4-3-7-16(17)19;1-15-13-21-18(17-9-7-8-10-20(17)26-21)14-19(15)25-16(2)23(5)11-12-24(25,6)22(23,3)4;1-13-11-21-18(17-5-3-4-6-20(17)23-21)12-19(13)22-14(2)15-7-9-16(22)10-8-15/h5-14,17H,15H2,1-4H3;4-13,16H,14H2,1-3H3;3-11,13,15,19,22H,12H2,1-2H3;7-10,13-14,16H,11-12H2,1-6H3;3-6,11-12,14-16H,7-10H2,1-2H3. The van der Waals surface area contributed by atoms with E-state index in [2.05, 4.69) is 365 Å². The molecule has 5 aromatic heterocycles. The lowest BCUT2D eigenvalue weighted by atomic mass is 9.65. The van der Waals surface area contributed by atoms with Crippen LogP contribution in [0.25, 0.3) is 110 Å². The predicted octanol–water partition coefficient (Wildman–Crippen LogP) is 31.2. The fraction of sp³-hybridized carbons (Fsp3) is 0.345. The van der Waals surface area contributed by atoms with Crippen molar-refractivity contribution in [2.24, 2.45) is 16.7 Å². The third-order valence-electron chi connectivity index (χ3n) is 35.7. The minimum atomic E-state index is -0.00597. The molecular formula is C119H120N6O5. The number of hydrogen-bond acceptors (Lipinski definition) is 11. The fourth-order valence-electron chi connectivity index (χ4n) is 28.2. The molecule has 130 heavy (non-hydrogen) atoms. The summed E-state index contributed by atoms with van der Waals surface area (Å²) in [6.07, 6.45) is 10.9. The first-order valence-electron chi connectivity index (χ1n) is 48.3. The van der Waals surface area contributed by atoms with E-state index in [1.54, 1.807) is 5.56 Å². The van der Waals surface area contributed by atoms with Crippen molar-refractivity contribution in [3.63, 3.8) is 0 Å². The summed E-state index contributed by atoms with van der Waals surface area (Å²) >= 11 is 0. The molecule has 10 bridgehead atoms. The fourth-order valence-corrected chi connectivity index (χ4v) is 28.2. The second kappa shape index (κ2) is 28.8. The minimum absolute atomic E-state index is 0.00597. The quantitative estimate of drug-likeness (QED) is 0.165. The smallest absolute Gasteiger partial charge is 0.135 e. The monoisotopic (exact) mass is 1710 g/mol. The molecular weight excluding hydrogens is 1590 g/mol. The topological polar surface area (TPSA) is 85.1 Å². The number of para-hydroxylation sites is 6. The number of hydrogen-bond donors (Lipinski definition) is 0. The molecule has 4 aliphatic carbocycles. The maximum atomic E-state index is 6.12. The van der Waals surface area contributed by atoms with Gasteiger partial charge in [0.25, 0.3) is 0 Å². The van der Waals surface area contributed by atoms with Crippen molar-refractivity contribution >= 4 is 144 Å². The number of nitrogens with zero attached hydrogens (tertiary/aromatic N) is 6. The van der Waals surface area contributed by atoms with Crippen LogP contribution in [-0.2, 0) is 16.5 Å². The molecule has 12 atom stereocenters. The van der Waals surface area contributed by atoms with Gasteiger partial charge in [-0.1, -0.05) is 185 Å². The average molecular weight is 1710 g/mol. The average Bonchev–Trinajstić information content (AvgIpc) is 1.49. The van der Waals surface area contributed by atoms with E-state index in [9.17, 15) is 0 Å². The molecule has 0 amide bonds. The largest absolute Gasteiger partial charge is 0.456 e. The van der Waals surface area contributed by atoms with Crippen LogP contribution >= 0.6 is 0 Å². The van der Waals surface area contributed by atoms with E-state index in [1.807, 2.05) is 36.4 Å². The molecule has 29 rings (SSSR count). The molecule has 11 heteroatoms. The number of rotatable bonds is 5. The van der Waals surface area contributed by atoms with Crippen LogP contribution in [0.1, 0.15) is 202 Å². The molecule has 8 fully saturated rings. The zero-order valence-electron chi connectivity index (χ0n) is 78.5. The predicted molar refractivity (Wildman–Crippen MR) is 541 cm³/mol. The van der Waals surface area contributed by atoms with Gasteiger partial charge in [-0.05, 0) is 305 Å². The Hall–Kier alpha value is -12.3. The first-order chi connectivity index (χ1) is 62.7. The molecule has 13 aromatic carbocycles. The van der Waals surface area contributed by atoms with E-state index in [0.717, 1.165) is 74.3 Å². The second-order valence-corrected chi connectivity index (χ2v) is 42.3. The van der Waals surface area contributed by atoms with Crippen molar-refractivity contribution in [3.8, 4) is 0 Å². The van der Waals surface area contributed by atoms with Crippen LogP contribution in [0.3, 0.4) is 0 Å². The van der Waals surface area contributed by atoms with Crippen LogP contribution in [0, 0.1) is 51.4 Å². The van der Waals surface area contributed by atoms with Crippen molar-refractivity contribution < 1.29 is 22.1 Å². The van der Waals surface area contributed by atoms with Gasteiger partial charge in [-0.2, -0.15) is 0 Å². The summed E-state index contributed by atoms with van der Waals surface area (Å²) in [6.45, 7) is 41.3. The molecule has 0 spiro atoms. The summed E-state index contributed by atoms with van der Waals surface area (Å²) in [5.74, 6) is 1.52. The second-order valence-electron chi connectivity index (χ2n) is 42.3. The summed E-state index contributed by atoms with van der Waals surface area (Å²) in [4.78, 5) is 15.9. The Morgan fingerprint density at radius 1 is 0.315 bits per heavy atom. The molecule has 11 aliphatic rings. The third-order valence-corrected chi connectivity index (χ3v) is 35.7. The Bertz CT molecular complexity index is 7670. The van der Waals surface area contributed by atoms with Crippen molar-refractivity contribution in [1.82, 2.24) is 0 Å². The van der Waals surface area contributed by atoms with Gasteiger partial charge in [-0.15, -0.1) is 0 Å². The van der Waals surface area contributed by atoms with E-state index in [-0.39, 0.29) is 22.0 Å². The van der Waals surface area contributed by atoms with Gasteiger partial charge in [0, 0.05) is 147 Å². The maximum absolute atomic E-state index is 6.12. The van der Waals surface area contributed by atoms with E-state index >= 15 is 0 Å². The number of piperidine rings is 3. The molecule has 7 aliphatic heterocycles. The van der Waals surface area contributed by atoms with E-state index in [1.165, 1.54) is 189 Å². The van der Waals surface area contributed by atoms with Crippen molar-refractivity contribution in [2.75, 3.05) is 35.9 Å². The summed E-state index contributed by atoms with van der Waals surface area (Å²) in [5.41, 5.74) is 33.1. The molecule has 12 unspecified atom stereocenters. The number of benzene rings is 13. The number of furan rings is 5. The highest BCUT2D eigenvalue weighted by atomic mass is 16.3. The number of aryl methyl sites for hydroxylation is 5. The van der Waals surface area contributed by atoms with E-state index in [4.69, 9.17) is 22.1 Å². The molecule has 18 aromatic rings. The van der Waals surface area contributed by atoms with Crippen molar-refractivity contribution in [1.29, 1.82) is 0 Å². The number of fused-ring (bicyclic) bond motifs is 35. The van der Waals surface area contributed by atoms with Gasteiger partial charge in [-0.3, -0.25) is 0 Å².